The highest BCUT2D eigenvalue weighted by Gasteiger charge is 2.07. The summed E-state index contributed by atoms with van der Waals surface area (Å²) in [4.78, 5) is 11.1. The molecule has 7 heteroatoms. The number of nitrogens with one attached hydrogen (secondary N) is 1. The number of carbonyl (C=O) groups excluding carboxylic acids is 1. The minimum Gasteiger partial charge on any atom is -0.375 e. The van der Waals surface area contributed by atoms with Crippen LogP contribution in [0.5, 0.6) is 0 Å². The van der Waals surface area contributed by atoms with Crippen LogP contribution in [0.15, 0.2) is 29.2 Å². The van der Waals surface area contributed by atoms with Crippen LogP contribution in [0.25, 0.3) is 0 Å². The van der Waals surface area contributed by atoms with Gasteiger partial charge in [0.25, 0.3) is 0 Å². The first-order valence-corrected chi connectivity index (χ1v) is 5.90. The van der Waals surface area contributed by atoms with Crippen LogP contribution in [0, 0.1) is 0 Å². The summed E-state index contributed by atoms with van der Waals surface area (Å²) in [5, 5.41) is 7.44. The quantitative estimate of drug-likeness (QED) is 0.773. The molecule has 0 atom stereocenters. The normalized spacial score (nSPS) is 11.1. The lowest BCUT2D eigenvalue weighted by atomic mass is 10.3. The fraction of sp³-hybridized carbons (Fsp3) is 0.222. The maximum atomic E-state index is 11.1. The van der Waals surface area contributed by atoms with Crippen molar-refractivity contribution in [1.29, 1.82) is 0 Å². The predicted molar refractivity (Wildman–Crippen MR) is 58.3 cm³/mol. The predicted octanol–water partition coefficient (Wildman–Crippen LogP) is -0.0811. The van der Waals surface area contributed by atoms with E-state index in [0.717, 1.165) is 0 Å². The Morgan fingerprint density at radius 3 is 2.38 bits per heavy atom. The molecule has 0 fully saturated rings. The number of sulfonamides is 1. The third kappa shape index (κ3) is 3.61. The number of methoxy groups -OCH3 is 1. The second kappa shape index (κ2) is 5.06. The monoisotopic (exact) mass is 244 g/mol. The summed E-state index contributed by atoms with van der Waals surface area (Å²) in [7, 11) is -2.29. The molecular weight excluding hydrogens is 232 g/mol. The summed E-state index contributed by atoms with van der Waals surface area (Å²) in [6.45, 7) is -0.0586. The van der Waals surface area contributed by atoms with Crippen molar-refractivity contribution in [3.63, 3.8) is 0 Å². The molecule has 0 aliphatic rings. The van der Waals surface area contributed by atoms with Crippen molar-refractivity contribution in [3.05, 3.63) is 24.3 Å². The average molecular weight is 244 g/mol. The Kier molecular flexibility index (Phi) is 3.99. The molecule has 0 bridgehead atoms. The van der Waals surface area contributed by atoms with E-state index in [9.17, 15) is 13.2 Å². The fourth-order valence-corrected chi connectivity index (χ4v) is 1.57. The molecule has 0 saturated carbocycles. The number of nitrogens with two attached hydrogens (primary N) is 1. The van der Waals surface area contributed by atoms with E-state index in [1.807, 2.05) is 0 Å². The lowest BCUT2D eigenvalue weighted by Gasteiger charge is -2.04. The highest BCUT2D eigenvalue weighted by molar-refractivity contribution is 7.89. The van der Waals surface area contributed by atoms with E-state index in [0.29, 0.717) is 5.69 Å². The number of carbonyl (C=O) groups is 1. The number of hydrogen-bond donors (Lipinski definition) is 2. The molecule has 0 aliphatic carbocycles. The number of ether oxygens (including phenoxy) is 1. The summed E-state index contributed by atoms with van der Waals surface area (Å²) < 4.78 is 26.5. The highest BCUT2D eigenvalue weighted by Crippen LogP contribution is 2.12. The number of rotatable bonds is 4. The van der Waals surface area contributed by atoms with E-state index in [1.54, 1.807) is 0 Å². The molecule has 1 rings (SSSR count). The average Bonchev–Trinajstić information content (AvgIpc) is 2.17. The molecule has 1 amide bonds. The Labute approximate surface area is 93.5 Å². The maximum absolute atomic E-state index is 11.1. The van der Waals surface area contributed by atoms with Gasteiger partial charge in [0.1, 0.15) is 6.61 Å². The number of benzene rings is 1. The Balaban J connectivity index is 2.76. The first kappa shape index (κ1) is 12.6. The van der Waals surface area contributed by atoms with Gasteiger partial charge in [0.05, 0.1) is 4.90 Å². The van der Waals surface area contributed by atoms with Crippen LogP contribution in [0.1, 0.15) is 0 Å². The highest BCUT2D eigenvalue weighted by atomic mass is 32.2. The SMILES string of the molecule is COCC(=O)Nc1ccc(S(N)(=O)=O)cc1. The summed E-state index contributed by atoms with van der Waals surface area (Å²) in [6, 6.07) is 5.54. The second-order valence-corrected chi connectivity index (χ2v) is 4.61. The van der Waals surface area contributed by atoms with Crippen molar-refractivity contribution in [1.82, 2.24) is 0 Å². The van der Waals surface area contributed by atoms with Gasteiger partial charge in [-0.05, 0) is 24.3 Å². The Morgan fingerprint density at radius 2 is 1.94 bits per heavy atom. The van der Waals surface area contributed by atoms with Gasteiger partial charge in [-0.3, -0.25) is 4.79 Å². The zero-order valence-corrected chi connectivity index (χ0v) is 9.45. The van der Waals surface area contributed by atoms with Gasteiger partial charge in [0.2, 0.25) is 15.9 Å². The van der Waals surface area contributed by atoms with Crippen LogP contribution in [0.2, 0.25) is 0 Å². The summed E-state index contributed by atoms with van der Waals surface area (Å²) in [5.41, 5.74) is 0.481. The van der Waals surface area contributed by atoms with Gasteiger partial charge in [0, 0.05) is 12.8 Å². The molecule has 1 aromatic rings. The Bertz CT molecular complexity index is 467. The van der Waals surface area contributed by atoms with Crippen molar-refractivity contribution >= 4 is 21.6 Å². The van der Waals surface area contributed by atoms with Crippen LogP contribution >= 0.6 is 0 Å². The molecule has 0 heterocycles. The van der Waals surface area contributed by atoms with Crippen molar-refractivity contribution < 1.29 is 17.9 Å². The van der Waals surface area contributed by atoms with Gasteiger partial charge in [-0.2, -0.15) is 0 Å². The van der Waals surface area contributed by atoms with Gasteiger partial charge in [-0.1, -0.05) is 0 Å². The van der Waals surface area contributed by atoms with E-state index in [4.69, 9.17) is 5.14 Å². The Morgan fingerprint density at radius 1 is 1.38 bits per heavy atom. The Hall–Kier alpha value is -1.44. The number of hydrogen-bond acceptors (Lipinski definition) is 4. The van der Waals surface area contributed by atoms with Crippen LogP contribution in [0.3, 0.4) is 0 Å². The summed E-state index contributed by atoms with van der Waals surface area (Å²) in [5.74, 6) is -0.314. The lowest BCUT2D eigenvalue weighted by molar-refractivity contribution is -0.119. The van der Waals surface area contributed by atoms with Crippen LogP contribution in [-0.2, 0) is 19.6 Å². The van der Waals surface area contributed by atoms with Crippen LogP contribution in [0.4, 0.5) is 5.69 Å². The van der Waals surface area contributed by atoms with Crippen molar-refractivity contribution in [2.45, 2.75) is 4.90 Å². The van der Waals surface area contributed by atoms with Gasteiger partial charge in [0.15, 0.2) is 0 Å². The minimum absolute atomic E-state index is 0.00256. The molecule has 16 heavy (non-hydrogen) atoms. The largest absolute Gasteiger partial charge is 0.375 e. The van der Waals surface area contributed by atoms with Crippen molar-refractivity contribution in [2.75, 3.05) is 19.0 Å². The van der Waals surface area contributed by atoms with Crippen LogP contribution < -0.4 is 10.5 Å². The van der Waals surface area contributed by atoms with E-state index in [-0.39, 0.29) is 17.4 Å². The van der Waals surface area contributed by atoms with Gasteiger partial charge >= 0.3 is 0 Å². The van der Waals surface area contributed by atoms with Gasteiger partial charge < -0.3 is 10.1 Å². The third-order valence-electron chi connectivity index (χ3n) is 1.74. The van der Waals surface area contributed by atoms with E-state index in [1.165, 1.54) is 31.4 Å². The molecule has 0 saturated heterocycles. The topological polar surface area (TPSA) is 98.5 Å². The van der Waals surface area contributed by atoms with Crippen molar-refractivity contribution in [2.24, 2.45) is 5.14 Å². The molecular formula is C9H12N2O4S. The van der Waals surface area contributed by atoms with Crippen molar-refractivity contribution in [3.8, 4) is 0 Å². The first-order valence-electron chi connectivity index (χ1n) is 4.35. The van der Waals surface area contributed by atoms with E-state index < -0.39 is 10.0 Å². The maximum Gasteiger partial charge on any atom is 0.250 e. The first-order chi connectivity index (χ1) is 7.43. The fourth-order valence-electron chi connectivity index (χ4n) is 1.06. The van der Waals surface area contributed by atoms with E-state index in [2.05, 4.69) is 10.1 Å². The number of primary sulfonamides is 1. The lowest BCUT2D eigenvalue weighted by Crippen LogP contribution is -2.17. The third-order valence-corrected chi connectivity index (χ3v) is 2.67. The van der Waals surface area contributed by atoms with Crippen LogP contribution in [-0.4, -0.2) is 28.0 Å². The minimum atomic E-state index is -3.70. The number of amides is 1. The van der Waals surface area contributed by atoms with Gasteiger partial charge in [-0.15, -0.1) is 0 Å². The molecule has 3 N–H and O–H groups in total. The molecule has 0 radical (unpaired) electrons. The molecule has 0 aromatic heterocycles. The zero-order chi connectivity index (χ0) is 12.2. The smallest absolute Gasteiger partial charge is 0.250 e. The number of anilines is 1. The molecule has 0 aliphatic heterocycles. The van der Waals surface area contributed by atoms with Gasteiger partial charge in [-0.25, -0.2) is 13.6 Å². The van der Waals surface area contributed by atoms with E-state index >= 15 is 0 Å². The second-order valence-electron chi connectivity index (χ2n) is 3.05. The summed E-state index contributed by atoms with van der Waals surface area (Å²) in [6.07, 6.45) is 0. The standard InChI is InChI=1S/C9H12N2O4S/c1-15-6-9(12)11-7-2-4-8(5-3-7)16(10,13)14/h2-5H,6H2,1H3,(H,11,12)(H2,10,13,14). The summed E-state index contributed by atoms with van der Waals surface area (Å²) >= 11 is 0. The molecule has 1 aromatic carbocycles. The molecule has 0 spiro atoms. The molecule has 0 unspecified atom stereocenters. The zero-order valence-electron chi connectivity index (χ0n) is 8.64. The molecule has 88 valence electrons. The molecule has 6 nitrogen and oxygen atoms in total.